The Kier molecular flexibility index (Phi) is 4.56. The van der Waals surface area contributed by atoms with Gasteiger partial charge in [-0.1, -0.05) is 11.6 Å². The Balaban J connectivity index is 2.44. The summed E-state index contributed by atoms with van der Waals surface area (Å²) in [7, 11) is 0. The van der Waals surface area contributed by atoms with Crippen molar-refractivity contribution in [3.63, 3.8) is 0 Å². The lowest BCUT2D eigenvalue weighted by molar-refractivity contribution is -0.385. The quantitative estimate of drug-likeness (QED) is 0.502. The van der Waals surface area contributed by atoms with Crippen LogP contribution in [0.3, 0.4) is 0 Å². The van der Waals surface area contributed by atoms with Crippen LogP contribution in [-0.2, 0) is 6.54 Å². The van der Waals surface area contributed by atoms with E-state index in [4.69, 9.17) is 17.3 Å². The van der Waals surface area contributed by atoms with Crippen LogP contribution < -0.4 is 11.3 Å². The van der Waals surface area contributed by atoms with Crippen LogP contribution in [0.1, 0.15) is 20.7 Å². The highest BCUT2D eigenvalue weighted by atomic mass is 35.5. The molecule has 1 aromatic heterocycles. The Morgan fingerprint density at radius 3 is 2.39 bits per heavy atom. The topological polar surface area (TPSA) is 125 Å². The number of Topliss-reactive ketones (excluding diaryl/α,β-unsaturated/α-hetero) is 1. The van der Waals surface area contributed by atoms with E-state index in [1.807, 2.05) is 0 Å². The van der Waals surface area contributed by atoms with Crippen LogP contribution >= 0.6 is 11.6 Å². The molecule has 0 aliphatic heterocycles. The number of benzene rings is 1. The molecule has 0 atom stereocenters. The SMILES string of the molecule is NC(=O)c1cc([N+](=O)[O-])cn(CC(=O)c2ccc(Cl)cc2)c1=O. The van der Waals surface area contributed by atoms with E-state index < -0.39 is 40.0 Å². The van der Waals surface area contributed by atoms with Crippen molar-refractivity contribution in [1.82, 2.24) is 4.57 Å². The molecular formula is C14H10ClN3O5. The Labute approximate surface area is 134 Å². The van der Waals surface area contributed by atoms with Gasteiger partial charge in [-0.2, -0.15) is 0 Å². The van der Waals surface area contributed by atoms with Gasteiger partial charge in [0.1, 0.15) is 5.56 Å². The van der Waals surface area contributed by atoms with E-state index in [1.54, 1.807) is 0 Å². The average molecular weight is 336 g/mol. The first-order valence-corrected chi connectivity index (χ1v) is 6.65. The van der Waals surface area contributed by atoms with E-state index in [2.05, 4.69) is 0 Å². The molecule has 2 N–H and O–H groups in total. The maximum atomic E-state index is 12.2. The van der Waals surface area contributed by atoms with Crippen LogP contribution in [0, 0.1) is 10.1 Å². The van der Waals surface area contributed by atoms with Crippen LogP contribution in [-0.4, -0.2) is 21.2 Å². The number of ketones is 1. The van der Waals surface area contributed by atoms with E-state index in [1.165, 1.54) is 24.3 Å². The van der Waals surface area contributed by atoms with Crippen LogP contribution in [0.15, 0.2) is 41.3 Å². The number of hydrogen-bond donors (Lipinski definition) is 1. The van der Waals surface area contributed by atoms with Gasteiger partial charge in [0.05, 0.1) is 17.7 Å². The highest BCUT2D eigenvalue weighted by molar-refractivity contribution is 6.30. The molecule has 0 spiro atoms. The molecule has 8 nitrogen and oxygen atoms in total. The molecule has 0 saturated heterocycles. The minimum atomic E-state index is -1.11. The molecule has 1 heterocycles. The fraction of sp³-hybridized carbons (Fsp3) is 0.0714. The molecule has 0 aliphatic rings. The van der Waals surface area contributed by atoms with Gasteiger partial charge in [0.25, 0.3) is 17.2 Å². The maximum absolute atomic E-state index is 12.2. The molecule has 1 amide bonds. The predicted octanol–water partition coefficient (Wildman–Crippen LogP) is 1.39. The lowest BCUT2D eigenvalue weighted by Gasteiger charge is -2.07. The summed E-state index contributed by atoms with van der Waals surface area (Å²) < 4.78 is 0.787. The fourth-order valence-electron chi connectivity index (χ4n) is 1.90. The summed E-state index contributed by atoms with van der Waals surface area (Å²) in [6, 6.07) is 6.71. The Morgan fingerprint density at radius 2 is 1.87 bits per heavy atom. The predicted molar refractivity (Wildman–Crippen MR) is 81.7 cm³/mol. The fourth-order valence-corrected chi connectivity index (χ4v) is 2.02. The third-order valence-corrected chi connectivity index (χ3v) is 3.28. The number of rotatable bonds is 5. The molecule has 23 heavy (non-hydrogen) atoms. The smallest absolute Gasteiger partial charge is 0.286 e. The van der Waals surface area contributed by atoms with Gasteiger partial charge in [-0.25, -0.2) is 0 Å². The van der Waals surface area contributed by atoms with E-state index in [0.717, 1.165) is 16.8 Å². The number of nitrogens with zero attached hydrogens (tertiary/aromatic N) is 2. The van der Waals surface area contributed by atoms with Gasteiger partial charge in [0.15, 0.2) is 5.78 Å². The average Bonchev–Trinajstić information content (AvgIpc) is 2.49. The van der Waals surface area contributed by atoms with Gasteiger partial charge in [-0.15, -0.1) is 0 Å². The van der Waals surface area contributed by atoms with Gasteiger partial charge in [0, 0.05) is 16.7 Å². The van der Waals surface area contributed by atoms with Crippen LogP contribution in [0.2, 0.25) is 5.02 Å². The number of halogens is 1. The molecular weight excluding hydrogens is 326 g/mol. The van der Waals surface area contributed by atoms with Crippen molar-refractivity contribution in [2.24, 2.45) is 5.73 Å². The summed E-state index contributed by atoms with van der Waals surface area (Å²) in [5.41, 5.74) is 3.37. The lowest BCUT2D eigenvalue weighted by atomic mass is 10.1. The monoisotopic (exact) mass is 335 g/mol. The number of aromatic nitrogens is 1. The molecule has 0 bridgehead atoms. The number of primary amides is 1. The molecule has 9 heteroatoms. The van der Waals surface area contributed by atoms with Crippen molar-refractivity contribution >= 4 is 29.0 Å². The van der Waals surface area contributed by atoms with Crippen LogP contribution in [0.4, 0.5) is 5.69 Å². The van der Waals surface area contributed by atoms with Crippen molar-refractivity contribution in [1.29, 1.82) is 0 Å². The maximum Gasteiger partial charge on any atom is 0.286 e. The molecule has 0 radical (unpaired) electrons. The molecule has 2 rings (SSSR count). The number of amides is 1. The van der Waals surface area contributed by atoms with Crippen molar-refractivity contribution < 1.29 is 14.5 Å². The largest absolute Gasteiger partial charge is 0.365 e. The highest BCUT2D eigenvalue weighted by Gasteiger charge is 2.19. The summed E-state index contributed by atoms with van der Waals surface area (Å²) in [6.07, 6.45) is 0.891. The summed E-state index contributed by atoms with van der Waals surface area (Å²) in [4.78, 5) is 45.5. The molecule has 0 aliphatic carbocycles. The number of carbonyl (C=O) groups is 2. The molecule has 0 unspecified atom stereocenters. The minimum Gasteiger partial charge on any atom is -0.365 e. The zero-order valence-electron chi connectivity index (χ0n) is 11.6. The van der Waals surface area contributed by atoms with Crippen molar-refractivity contribution in [3.05, 3.63) is 73.1 Å². The number of nitro groups is 1. The van der Waals surface area contributed by atoms with Crippen LogP contribution in [0.5, 0.6) is 0 Å². The van der Waals surface area contributed by atoms with E-state index in [0.29, 0.717) is 5.02 Å². The third-order valence-electron chi connectivity index (χ3n) is 3.03. The molecule has 118 valence electrons. The Bertz CT molecular complexity index is 858. The van der Waals surface area contributed by atoms with Gasteiger partial charge < -0.3 is 10.3 Å². The van der Waals surface area contributed by atoms with Crippen LogP contribution in [0.25, 0.3) is 0 Å². The highest BCUT2D eigenvalue weighted by Crippen LogP contribution is 2.13. The van der Waals surface area contributed by atoms with E-state index >= 15 is 0 Å². The molecule has 0 saturated carbocycles. The first-order chi connectivity index (χ1) is 10.8. The summed E-state index contributed by atoms with van der Waals surface area (Å²) >= 11 is 5.72. The second-order valence-corrected chi connectivity index (χ2v) is 5.03. The van der Waals surface area contributed by atoms with Gasteiger partial charge in [-0.05, 0) is 24.3 Å². The molecule has 0 fully saturated rings. The van der Waals surface area contributed by atoms with E-state index in [9.17, 15) is 24.5 Å². The zero-order chi connectivity index (χ0) is 17.1. The van der Waals surface area contributed by atoms with Crippen molar-refractivity contribution in [2.75, 3.05) is 0 Å². The number of carbonyl (C=O) groups excluding carboxylic acids is 2. The first-order valence-electron chi connectivity index (χ1n) is 6.27. The van der Waals surface area contributed by atoms with Gasteiger partial charge >= 0.3 is 0 Å². The summed E-state index contributed by atoms with van der Waals surface area (Å²) in [5.74, 6) is -1.58. The minimum absolute atomic E-state index is 0.272. The molecule has 2 aromatic rings. The van der Waals surface area contributed by atoms with E-state index in [-0.39, 0.29) is 5.56 Å². The standard InChI is InChI=1S/C14H10ClN3O5/c15-9-3-1-8(2-4-9)12(19)7-17-6-10(18(22)23)5-11(13(16)20)14(17)21/h1-6H,7H2,(H2,16,20). The number of hydrogen-bond acceptors (Lipinski definition) is 5. The Hall–Kier alpha value is -3.00. The van der Waals surface area contributed by atoms with Gasteiger partial charge in [0.2, 0.25) is 0 Å². The summed E-state index contributed by atoms with van der Waals surface area (Å²) in [5, 5.41) is 11.3. The Morgan fingerprint density at radius 1 is 1.26 bits per heavy atom. The van der Waals surface area contributed by atoms with Crippen molar-refractivity contribution in [3.8, 4) is 0 Å². The van der Waals surface area contributed by atoms with Gasteiger partial charge in [-0.3, -0.25) is 24.5 Å². The second-order valence-electron chi connectivity index (χ2n) is 4.60. The zero-order valence-corrected chi connectivity index (χ0v) is 12.3. The van der Waals surface area contributed by atoms with Crippen molar-refractivity contribution in [2.45, 2.75) is 6.54 Å². The first kappa shape index (κ1) is 16.4. The summed E-state index contributed by atoms with van der Waals surface area (Å²) in [6.45, 7) is -0.470. The third kappa shape index (κ3) is 3.61. The number of pyridine rings is 1. The lowest BCUT2D eigenvalue weighted by Crippen LogP contribution is -2.31. The normalized spacial score (nSPS) is 10.3. The second kappa shape index (κ2) is 6.41. The number of nitrogens with two attached hydrogens (primary N) is 1. The molecule has 1 aromatic carbocycles.